The topological polar surface area (TPSA) is 76.3 Å². The molecule has 144 valence electrons. The Morgan fingerprint density at radius 3 is 2.59 bits per heavy atom. The molecule has 2 aliphatic rings. The van der Waals surface area contributed by atoms with Gasteiger partial charge in [-0.15, -0.1) is 0 Å². The van der Waals surface area contributed by atoms with Crippen LogP contribution in [0.2, 0.25) is 0 Å². The maximum absolute atomic E-state index is 13.0. The van der Waals surface area contributed by atoms with E-state index in [-0.39, 0.29) is 18.0 Å². The molecule has 2 heterocycles. The number of fused-ring (bicyclic) bond motifs is 2. The SMILES string of the molecule is CNC(=O)CCC(C=O)n1c(=O)n(C)c2c(N3CC4CCC4C3)cccc21. The molecular formula is C20H26N4O3. The summed E-state index contributed by atoms with van der Waals surface area (Å²) in [6.45, 7) is 2.08. The first-order chi connectivity index (χ1) is 13.0. The Balaban J connectivity index is 1.75. The lowest BCUT2D eigenvalue weighted by atomic mass is 9.77. The fraction of sp³-hybridized carbons (Fsp3) is 0.550. The van der Waals surface area contributed by atoms with Gasteiger partial charge >= 0.3 is 5.69 Å². The van der Waals surface area contributed by atoms with Crippen molar-refractivity contribution in [3.8, 4) is 0 Å². The van der Waals surface area contributed by atoms with Gasteiger partial charge in [-0.2, -0.15) is 0 Å². The molecule has 0 spiro atoms. The van der Waals surface area contributed by atoms with Crippen molar-refractivity contribution in [2.75, 3.05) is 25.0 Å². The van der Waals surface area contributed by atoms with E-state index >= 15 is 0 Å². The molecular weight excluding hydrogens is 344 g/mol. The number of hydrogen-bond acceptors (Lipinski definition) is 4. The zero-order valence-corrected chi connectivity index (χ0v) is 15.9. The van der Waals surface area contributed by atoms with Gasteiger partial charge in [-0.05, 0) is 43.2 Å². The molecule has 27 heavy (non-hydrogen) atoms. The maximum atomic E-state index is 13.0. The molecule has 1 saturated carbocycles. The summed E-state index contributed by atoms with van der Waals surface area (Å²) in [5.41, 5.74) is 2.48. The molecule has 1 aromatic carbocycles. The van der Waals surface area contributed by atoms with Gasteiger partial charge in [0.2, 0.25) is 5.91 Å². The number of aryl methyl sites for hydroxylation is 1. The number of carbonyl (C=O) groups excluding carboxylic acids is 2. The average Bonchev–Trinajstić information content (AvgIpc) is 3.10. The van der Waals surface area contributed by atoms with Crippen molar-refractivity contribution >= 4 is 28.9 Å². The quantitative estimate of drug-likeness (QED) is 0.781. The molecule has 1 aliphatic carbocycles. The summed E-state index contributed by atoms with van der Waals surface area (Å²) in [5, 5.41) is 2.56. The molecule has 4 rings (SSSR count). The number of rotatable bonds is 6. The first-order valence-corrected chi connectivity index (χ1v) is 9.66. The van der Waals surface area contributed by atoms with E-state index in [1.807, 2.05) is 12.1 Å². The van der Waals surface area contributed by atoms with Gasteiger partial charge in [-0.25, -0.2) is 4.79 Å². The van der Waals surface area contributed by atoms with Crippen LogP contribution in [0.25, 0.3) is 11.0 Å². The summed E-state index contributed by atoms with van der Waals surface area (Å²) in [6, 6.07) is 5.26. The Kier molecular flexibility index (Phi) is 4.53. The summed E-state index contributed by atoms with van der Waals surface area (Å²) in [6.07, 6.45) is 3.87. The van der Waals surface area contributed by atoms with Crippen LogP contribution in [-0.2, 0) is 16.6 Å². The highest BCUT2D eigenvalue weighted by molar-refractivity contribution is 5.90. The summed E-state index contributed by atoms with van der Waals surface area (Å²) >= 11 is 0. The van der Waals surface area contributed by atoms with Gasteiger partial charge in [0.1, 0.15) is 6.29 Å². The van der Waals surface area contributed by atoms with Crippen LogP contribution in [0.5, 0.6) is 0 Å². The number of benzene rings is 1. The van der Waals surface area contributed by atoms with Crippen molar-refractivity contribution < 1.29 is 9.59 Å². The molecule has 0 bridgehead atoms. The number of nitrogens with one attached hydrogen (secondary N) is 1. The highest BCUT2D eigenvalue weighted by Crippen LogP contribution is 2.43. The number of amides is 1. The fourth-order valence-electron chi connectivity index (χ4n) is 4.61. The van der Waals surface area contributed by atoms with Crippen LogP contribution in [0.15, 0.2) is 23.0 Å². The fourth-order valence-corrected chi connectivity index (χ4v) is 4.61. The van der Waals surface area contributed by atoms with Gasteiger partial charge in [0.15, 0.2) is 0 Å². The zero-order chi connectivity index (χ0) is 19.1. The van der Waals surface area contributed by atoms with Crippen LogP contribution in [0, 0.1) is 11.8 Å². The molecule has 0 radical (unpaired) electrons. The predicted octanol–water partition coefficient (Wildman–Crippen LogP) is 1.45. The normalized spacial score (nSPS) is 22.4. The van der Waals surface area contributed by atoms with Gasteiger partial charge in [0.25, 0.3) is 0 Å². The van der Waals surface area contributed by atoms with Gasteiger partial charge in [0, 0.05) is 33.6 Å². The van der Waals surface area contributed by atoms with E-state index in [0.29, 0.717) is 6.42 Å². The second-order valence-electron chi connectivity index (χ2n) is 7.77. The van der Waals surface area contributed by atoms with Crippen LogP contribution >= 0.6 is 0 Å². The first-order valence-electron chi connectivity index (χ1n) is 9.66. The van der Waals surface area contributed by atoms with E-state index in [4.69, 9.17) is 0 Å². The average molecular weight is 370 g/mol. The molecule has 2 aromatic rings. The Labute approximate surface area is 157 Å². The highest BCUT2D eigenvalue weighted by atomic mass is 16.2. The Morgan fingerprint density at radius 1 is 1.30 bits per heavy atom. The van der Waals surface area contributed by atoms with E-state index in [0.717, 1.165) is 47.9 Å². The van der Waals surface area contributed by atoms with Gasteiger partial charge in [-0.1, -0.05) is 6.07 Å². The number of aromatic nitrogens is 2. The molecule has 3 unspecified atom stereocenters. The van der Waals surface area contributed by atoms with Gasteiger partial charge in [0.05, 0.1) is 22.8 Å². The monoisotopic (exact) mass is 370 g/mol. The Bertz CT molecular complexity index is 933. The molecule has 1 saturated heterocycles. The summed E-state index contributed by atoms with van der Waals surface area (Å²) in [5.74, 6) is 1.41. The third-order valence-corrected chi connectivity index (χ3v) is 6.34. The lowest BCUT2D eigenvalue weighted by molar-refractivity contribution is -0.121. The third kappa shape index (κ3) is 2.85. The number of imidazole rings is 1. The van der Waals surface area contributed by atoms with Crippen LogP contribution in [0.4, 0.5) is 5.69 Å². The largest absolute Gasteiger partial charge is 0.369 e. The second kappa shape index (κ2) is 6.87. The van der Waals surface area contributed by atoms with Crippen molar-refractivity contribution in [2.45, 2.75) is 31.7 Å². The van der Waals surface area contributed by atoms with E-state index in [1.165, 1.54) is 12.8 Å². The van der Waals surface area contributed by atoms with Crippen molar-refractivity contribution in [1.82, 2.24) is 14.5 Å². The smallest absolute Gasteiger partial charge is 0.329 e. The van der Waals surface area contributed by atoms with E-state index < -0.39 is 6.04 Å². The second-order valence-corrected chi connectivity index (χ2v) is 7.77. The summed E-state index contributed by atoms with van der Waals surface area (Å²) in [7, 11) is 3.33. The van der Waals surface area contributed by atoms with Crippen molar-refractivity contribution in [1.29, 1.82) is 0 Å². The van der Waals surface area contributed by atoms with Crippen LogP contribution in [0.1, 0.15) is 31.7 Å². The van der Waals surface area contributed by atoms with Crippen molar-refractivity contribution in [3.05, 3.63) is 28.7 Å². The van der Waals surface area contributed by atoms with E-state index in [1.54, 1.807) is 23.2 Å². The number of hydrogen-bond donors (Lipinski definition) is 1. The van der Waals surface area contributed by atoms with E-state index in [2.05, 4.69) is 16.3 Å². The minimum absolute atomic E-state index is 0.136. The molecule has 7 heteroatoms. The number of para-hydroxylation sites is 1. The molecule has 1 N–H and O–H groups in total. The standard InChI is InChI=1S/C20H26N4O3/c1-21-18(26)9-8-15(12-25)24-17-5-3-4-16(19(17)22(2)20(24)27)23-10-13-6-7-14(13)11-23/h3-5,12-15H,6-11H2,1-2H3,(H,21,26). The highest BCUT2D eigenvalue weighted by Gasteiger charge is 2.40. The molecule has 2 fully saturated rings. The van der Waals surface area contributed by atoms with Crippen LogP contribution in [-0.4, -0.2) is 41.5 Å². The lowest BCUT2D eigenvalue weighted by Gasteiger charge is -2.27. The number of carbonyl (C=O) groups is 2. The summed E-state index contributed by atoms with van der Waals surface area (Å²) in [4.78, 5) is 38.7. The first kappa shape index (κ1) is 17.8. The number of nitrogens with zero attached hydrogens (tertiary/aromatic N) is 3. The maximum Gasteiger partial charge on any atom is 0.329 e. The zero-order valence-electron chi connectivity index (χ0n) is 15.9. The number of anilines is 1. The predicted molar refractivity (Wildman–Crippen MR) is 104 cm³/mol. The molecule has 1 amide bonds. The Hall–Kier alpha value is -2.57. The molecule has 1 aromatic heterocycles. The minimum atomic E-state index is -0.650. The van der Waals surface area contributed by atoms with Crippen LogP contribution < -0.4 is 15.9 Å². The number of aldehydes is 1. The Morgan fingerprint density at radius 2 is 2.00 bits per heavy atom. The molecule has 1 aliphatic heterocycles. The van der Waals surface area contributed by atoms with Crippen molar-refractivity contribution in [2.24, 2.45) is 18.9 Å². The van der Waals surface area contributed by atoms with Crippen LogP contribution in [0.3, 0.4) is 0 Å². The van der Waals surface area contributed by atoms with Crippen molar-refractivity contribution in [3.63, 3.8) is 0 Å². The van der Waals surface area contributed by atoms with Gasteiger partial charge in [-0.3, -0.25) is 13.9 Å². The van der Waals surface area contributed by atoms with Gasteiger partial charge < -0.3 is 15.0 Å². The van der Waals surface area contributed by atoms with E-state index in [9.17, 15) is 14.4 Å². The minimum Gasteiger partial charge on any atom is -0.369 e. The molecule has 7 nitrogen and oxygen atoms in total. The molecule has 3 atom stereocenters. The third-order valence-electron chi connectivity index (χ3n) is 6.34. The summed E-state index contributed by atoms with van der Waals surface area (Å²) < 4.78 is 3.18. The lowest BCUT2D eigenvalue weighted by Crippen LogP contribution is -2.28.